The second-order valence-corrected chi connectivity index (χ2v) is 7.08. The van der Waals surface area contributed by atoms with E-state index in [-0.39, 0.29) is 18.2 Å². The van der Waals surface area contributed by atoms with Crippen molar-refractivity contribution >= 4 is 6.09 Å². The van der Waals surface area contributed by atoms with Crippen LogP contribution in [0.1, 0.15) is 61.8 Å². The van der Waals surface area contributed by atoms with E-state index in [4.69, 9.17) is 4.74 Å². The van der Waals surface area contributed by atoms with E-state index in [2.05, 4.69) is 52.4 Å². The molecule has 20 heavy (non-hydrogen) atoms. The smallest absolute Gasteiger partial charge is 0.421 e. The Morgan fingerprint density at radius 1 is 0.950 bits per heavy atom. The van der Waals surface area contributed by atoms with E-state index in [1.54, 1.807) is 0 Å². The number of nitrogens with one attached hydrogen (secondary N) is 2. The summed E-state index contributed by atoms with van der Waals surface area (Å²) in [5.41, 5.74) is 5.48. The number of carbonyl (C=O) groups is 1. The van der Waals surface area contributed by atoms with Gasteiger partial charge in [0.2, 0.25) is 0 Å². The molecule has 2 atom stereocenters. The highest BCUT2D eigenvalue weighted by Gasteiger charge is 2.31. The maximum Gasteiger partial charge on any atom is 0.421 e. The van der Waals surface area contributed by atoms with Crippen LogP contribution in [0.15, 0.2) is 0 Å². The average Bonchev–Trinajstić information content (AvgIpc) is 2.29. The molecule has 1 amide bonds. The maximum atomic E-state index is 11.9. The van der Waals surface area contributed by atoms with E-state index in [0.29, 0.717) is 23.7 Å². The standard InChI is InChI=1S/C16H34N2O2/c1-10(2)9-14(11(3)4)15(12(5)6)20-16(19)18-17-13(7)8/h10-15,17H,9H2,1-8H3,(H,18,19). The monoisotopic (exact) mass is 286 g/mol. The second-order valence-electron chi connectivity index (χ2n) is 7.08. The minimum Gasteiger partial charge on any atom is -0.445 e. The summed E-state index contributed by atoms with van der Waals surface area (Å²) in [5.74, 6) is 1.80. The van der Waals surface area contributed by atoms with Gasteiger partial charge in [-0.25, -0.2) is 10.2 Å². The van der Waals surface area contributed by atoms with Gasteiger partial charge >= 0.3 is 6.09 Å². The van der Waals surface area contributed by atoms with Crippen molar-refractivity contribution in [2.24, 2.45) is 23.7 Å². The molecular weight excluding hydrogens is 252 g/mol. The lowest BCUT2D eigenvalue weighted by Gasteiger charge is -2.33. The molecule has 4 heteroatoms. The number of hydrogen-bond donors (Lipinski definition) is 2. The van der Waals surface area contributed by atoms with Gasteiger partial charge < -0.3 is 4.74 Å². The van der Waals surface area contributed by atoms with Crippen molar-refractivity contribution in [2.45, 2.75) is 74.0 Å². The third kappa shape index (κ3) is 7.73. The van der Waals surface area contributed by atoms with E-state index < -0.39 is 0 Å². The van der Waals surface area contributed by atoms with Crippen LogP contribution >= 0.6 is 0 Å². The largest absolute Gasteiger partial charge is 0.445 e. The fourth-order valence-electron chi connectivity index (χ4n) is 2.40. The Kier molecular flexibility index (Phi) is 8.86. The van der Waals surface area contributed by atoms with Crippen molar-refractivity contribution in [3.8, 4) is 0 Å². The summed E-state index contributed by atoms with van der Waals surface area (Å²) in [4.78, 5) is 11.9. The molecule has 0 spiro atoms. The highest BCUT2D eigenvalue weighted by atomic mass is 16.6. The third-order valence-corrected chi connectivity index (χ3v) is 3.38. The van der Waals surface area contributed by atoms with Crippen molar-refractivity contribution in [2.75, 3.05) is 0 Å². The molecule has 0 aliphatic rings. The van der Waals surface area contributed by atoms with Crippen LogP contribution in [0.5, 0.6) is 0 Å². The van der Waals surface area contributed by atoms with Crippen LogP contribution in [0.25, 0.3) is 0 Å². The van der Waals surface area contributed by atoms with Gasteiger partial charge in [0, 0.05) is 6.04 Å². The van der Waals surface area contributed by atoms with E-state index in [1.165, 1.54) is 0 Å². The Bertz CT molecular complexity index is 276. The Labute approximate surface area is 125 Å². The second kappa shape index (κ2) is 9.22. The van der Waals surface area contributed by atoms with Gasteiger partial charge in [-0.05, 0) is 43.9 Å². The summed E-state index contributed by atoms with van der Waals surface area (Å²) in [7, 11) is 0. The third-order valence-electron chi connectivity index (χ3n) is 3.38. The van der Waals surface area contributed by atoms with Crippen molar-refractivity contribution in [1.29, 1.82) is 0 Å². The van der Waals surface area contributed by atoms with Gasteiger partial charge in [0.15, 0.2) is 0 Å². The number of rotatable bonds is 8. The summed E-state index contributed by atoms with van der Waals surface area (Å²) >= 11 is 0. The molecular formula is C16H34N2O2. The summed E-state index contributed by atoms with van der Waals surface area (Å²) in [6, 6.07) is 0.191. The van der Waals surface area contributed by atoms with Gasteiger partial charge in [-0.15, -0.1) is 0 Å². The molecule has 0 aromatic heterocycles. The first-order valence-corrected chi connectivity index (χ1v) is 7.87. The van der Waals surface area contributed by atoms with E-state index in [9.17, 15) is 4.79 Å². The summed E-state index contributed by atoms with van der Waals surface area (Å²) < 4.78 is 5.67. The first kappa shape index (κ1) is 19.2. The Balaban J connectivity index is 4.71. The molecule has 0 saturated carbocycles. The van der Waals surface area contributed by atoms with Gasteiger partial charge in [-0.2, -0.15) is 0 Å². The molecule has 0 fully saturated rings. The molecule has 0 bridgehead atoms. The predicted molar refractivity (Wildman–Crippen MR) is 84.3 cm³/mol. The minimum atomic E-state index is -0.383. The molecule has 0 aromatic carbocycles. The lowest BCUT2D eigenvalue weighted by molar-refractivity contribution is 0.00698. The Morgan fingerprint density at radius 2 is 1.50 bits per heavy atom. The van der Waals surface area contributed by atoms with Crippen LogP contribution < -0.4 is 10.9 Å². The van der Waals surface area contributed by atoms with Crippen molar-refractivity contribution in [1.82, 2.24) is 10.9 Å². The van der Waals surface area contributed by atoms with Gasteiger partial charge in [-0.3, -0.25) is 5.43 Å². The molecule has 0 saturated heterocycles. The molecule has 0 rings (SSSR count). The molecule has 0 aliphatic heterocycles. The highest BCUT2D eigenvalue weighted by molar-refractivity contribution is 5.66. The van der Waals surface area contributed by atoms with E-state index in [0.717, 1.165) is 6.42 Å². The lowest BCUT2D eigenvalue weighted by atomic mass is 9.79. The number of hydrogen-bond acceptors (Lipinski definition) is 3. The molecule has 4 nitrogen and oxygen atoms in total. The summed E-state index contributed by atoms with van der Waals surface area (Å²) in [6.45, 7) is 17.0. The SMILES string of the molecule is CC(C)CC(C(C)C)C(OC(=O)NNC(C)C)C(C)C. The van der Waals surface area contributed by atoms with Crippen LogP contribution in [0, 0.1) is 23.7 Å². The van der Waals surface area contributed by atoms with Gasteiger partial charge in [0.25, 0.3) is 0 Å². The quantitative estimate of drug-likeness (QED) is 0.664. The van der Waals surface area contributed by atoms with Crippen molar-refractivity contribution in [3.05, 3.63) is 0 Å². The summed E-state index contributed by atoms with van der Waals surface area (Å²) in [6.07, 6.45) is 0.643. The number of amides is 1. The Morgan fingerprint density at radius 3 is 1.85 bits per heavy atom. The lowest BCUT2D eigenvalue weighted by Crippen LogP contribution is -2.45. The predicted octanol–water partition coefficient (Wildman–Crippen LogP) is 3.97. The number of hydrazine groups is 1. The zero-order valence-electron chi connectivity index (χ0n) is 14.5. The number of ether oxygens (including phenoxy) is 1. The molecule has 0 radical (unpaired) electrons. The molecule has 0 heterocycles. The first-order chi connectivity index (χ1) is 9.15. The average molecular weight is 286 g/mol. The van der Waals surface area contributed by atoms with Gasteiger partial charge in [-0.1, -0.05) is 41.5 Å². The van der Waals surface area contributed by atoms with Crippen LogP contribution in [0.4, 0.5) is 4.79 Å². The number of carbonyl (C=O) groups excluding carboxylic acids is 1. The topological polar surface area (TPSA) is 50.4 Å². The molecule has 0 aliphatic carbocycles. The van der Waals surface area contributed by atoms with Crippen LogP contribution in [-0.2, 0) is 4.74 Å². The van der Waals surface area contributed by atoms with Gasteiger partial charge in [0.05, 0.1) is 0 Å². The van der Waals surface area contributed by atoms with Crippen LogP contribution in [0.2, 0.25) is 0 Å². The molecule has 2 unspecified atom stereocenters. The van der Waals surface area contributed by atoms with Crippen LogP contribution in [-0.4, -0.2) is 18.2 Å². The Hall–Kier alpha value is -0.770. The maximum absolute atomic E-state index is 11.9. The highest BCUT2D eigenvalue weighted by Crippen LogP contribution is 2.29. The van der Waals surface area contributed by atoms with E-state index in [1.807, 2.05) is 13.8 Å². The molecule has 120 valence electrons. The molecule has 0 aromatic rings. The summed E-state index contributed by atoms with van der Waals surface area (Å²) in [5, 5.41) is 0. The zero-order valence-corrected chi connectivity index (χ0v) is 14.5. The fraction of sp³-hybridized carbons (Fsp3) is 0.938. The normalized spacial score (nSPS) is 15.0. The first-order valence-electron chi connectivity index (χ1n) is 7.87. The van der Waals surface area contributed by atoms with Crippen LogP contribution in [0.3, 0.4) is 0 Å². The zero-order chi connectivity index (χ0) is 15.9. The van der Waals surface area contributed by atoms with Crippen molar-refractivity contribution in [3.63, 3.8) is 0 Å². The van der Waals surface area contributed by atoms with Crippen molar-refractivity contribution < 1.29 is 9.53 Å². The minimum absolute atomic E-state index is 0.0497. The molecule has 2 N–H and O–H groups in total. The van der Waals surface area contributed by atoms with E-state index >= 15 is 0 Å². The van der Waals surface area contributed by atoms with Gasteiger partial charge in [0.1, 0.15) is 6.10 Å². The fourth-order valence-corrected chi connectivity index (χ4v) is 2.40.